The van der Waals surface area contributed by atoms with E-state index in [-0.39, 0.29) is 11.6 Å². The first-order valence-electron chi connectivity index (χ1n) is 10.1. The maximum Gasteiger partial charge on any atom is 0.325 e. The molecular formula is C21H25ClN4O3. The van der Waals surface area contributed by atoms with E-state index in [1.807, 2.05) is 24.1 Å². The largest absolute Gasteiger partial charge is 0.492 e. The summed E-state index contributed by atoms with van der Waals surface area (Å²) in [6.07, 6.45) is 7.02. The van der Waals surface area contributed by atoms with Crippen molar-refractivity contribution in [2.24, 2.45) is 0 Å². The lowest BCUT2D eigenvalue weighted by molar-refractivity contribution is -0.132. The van der Waals surface area contributed by atoms with E-state index in [0.29, 0.717) is 52.9 Å². The van der Waals surface area contributed by atoms with E-state index in [1.165, 1.54) is 19.3 Å². The van der Waals surface area contributed by atoms with Gasteiger partial charge in [-0.25, -0.2) is 9.78 Å². The first-order chi connectivity index (χ1) is 14.0. The van der Waals surface area contributed by atoms with Crippen LogP contribution in [0.1, 0.15) is 44.9 Å². The van der Waals surface area contributed by atoms with Crippen molar-refractivity contribution in [2.75, 3.05) is 13.7 Å². The number of imidazole rings is 1. The van der Waals surface area contributed by atoms with Crippen molar-refractivity contribution in [1.29, 1.82) is 0 Å². The van der Waals surface area contributed by atoms with Crippen molar-refractivity contribution < 1.29 is 9.53 Å². The molecule has 0 radical (unpaired) electrons. The van der Waals surface area contributed by atoms with Crippen molar-refractivity contribution >= 4 is 39.6 Å². The van der Waals surface area contributed by atoms with Gasteiger partial charge in [-0.15, -0.1) is 0 Å². The number of carbonyl (C=O) groups is 1. The van der Waals surface area contributed by atoms with Crippen LogP contribution in [0.4, 0.5) is 0 Å². The number of H-pyrrole nitrogens is 2. The third-order valence-corrected chi connectivity index (χ3v) is 5.95. The Morgan fingerprint density at radius 1 is 1.24 bits per heavy atom. The highest BCUT2D eigenvalue weighted by Gasteiger charge is 2.21. The van der Waals surface area contributed by atoms with Gasteiger partial charge in [0.2, 0.25) is 5.91 Å². The highest BCUT2D eigenvalue weighted by molar-refractivity contribution is 6.32. The Labute approximate surface area is 173 Å². The molecule has 0 saturated heterocycles. The zero-order valence-electron chi connectivity index (χ0n) is 16.5. The zero-order valence-corrected chi connectivity index (χ0v) is 17.2. The van der Waals surface area contributed by atoms with Gasteiger partial charge in [-0.3, -0.25) is 9.78 Å². The Hall–Kier alpha value is -2.54. The summed E-state index contributed by atoms with van der Waals surface area (Å²) in [5, 5.41) is 1.27. The first kappa shape index (κ1) is 19.8. The number of halogens is 1. The Balaban J connectivity index is 1.36. The van der Waals surface area contributed by atoms with Crippen LogP contribution in [0.2, 0.25) is 5.02 Å². The molecule has 3 aromatic rings. The minimum atomic E-state index is -0.298. The van der Waals surface area contributed by atoms with Crippen LogP contribution in [0.3, 0.4) is 0 Å². The molecular weight excluding hydrogens is 392 g/mol. The molecule has 4 rings (SSSR count). The predicted molar refractivity (Wildman–Crippen MR) is 114 cm³/mol. The molecule has 0 aliphatic heterocycles. The molecule has 1 aliphatic carbocycles. The molecule has 1 aliphatic rings. The number of nitrogens with one attached hydrogen (secondary N) is 2. The Bertz CT molecular complexity index is 1080. The molecule has 2 N–H and O–H groups in total. The number of carbonyl (C=O) groups excluding carboxylic acids is 1. The minimum Gasteiger partial charge on any atom is -0.492 e. The van der Waals surface area contributed by atoms with Crippen LogP contribution in [0.25, 0.3) is 22.1 Å². The van der Waals surface area contributed by atoms with Gasteiger partial charge in [-0.05, 0) is 37.5 Å². The molecule has 1 saturated carbocycles. The van der Waals surface area contributed by atoms with Crippen LogP contribution < -0.4 is 10.4 Å². The predicted octanol–water partition coefficient (Wildman–Crippen LogP) is 4.01. The van der Waals surface area contributed by atoms with Gasteiger partial charge in [0.15, 0.2) is 5.65 Å². The molecule has 154 valence electrons. The van der Waals surface area contributed by atoms with Gasteiger partial charge in [-0.1, -0.05) is 30.9 Å². The standard InChI is InChI=1S/C21H25ClN4O3/c1-26(14-6-3-2-4-7-14)19(27)8-5-9-29-18-11-13-10-17-20(25-21(28)24-17)23-16(13)12-15(18)22/h10-12,14H,2-9H2,1H3,(H2,23,24,25,28). The second kappa shape index (κ2) is 8.45. The molecule has 1 fully saturated rings. The number of pyridine rings is 1. The van der Waals surface area contributed by atoms with Gasteiger partial charge in [-0.2, -0.15) is 0 Å². The van der Waals surface area contributed by atoms with Crippen molar-refractivity contribution in [2.45, 2.75) is 51.0 Å². The molecule has 1 aromatic carbocycles. The number of amides is 1. The fourth-order valence-corrected chi connectivity index (χ4v) is 4.20. The maximum atomic E-state index is 12.4. The number of hydrogen-bond acceptors (Lipinski definition) is 4. The lowest BCUT2D eigenvalue weighted by Crippen LogP contribution is -2.38. The summed E-state index contributed by atoms with van der Waals surface area (Å²) in [6, 6.07) is 5.75. The first-order valence-corrected chi connectivity index (χ1v) is 10.5. The van der Waals surface area contributed by atoms with Gasteiger partial charge < -0.3 is 14.6 Å². The van der Waals surface area contributed by atoms with Gasteiger partial charge in [0.25, 0.3) is 0 Å². The van der Waals surface area contributed by atoms with E-state index < -0.39 is 0 Å². The van der Waals surface area contributed by atoms with Crippen molar-refractivity contribution in [3.63, 3.8) is 0 Å². The van der Waals surface area contributed by atoms with Gasteiger partial charge >= 0.3 is 5.69 Å². The Morgan fingerprint density at radius 2 is 2.03 bits per heavy atom. The summed E-state index contributed by atoms with van der Waals surface area (Å²) in [5.74, 6) is 0.722. The normalized spacial score (nSPS) is 15.1. The molecule has 2 aromatic heterocycles. The summed E-state index contributed by atoms with van der Waals surface area (Å²) in [7, 11) is 1.92. The van der Waals surface area contributed by atoms with E-state index in [1.54, 1.807) is 6.07 Å². The van der Waals surface area contributed by atoms with Crippen molar-refractivity contribution in [3.05, 3.63) is 33.7 Å². The highest BCUT2D eigenvalue weighted by Crippen LogP contribution is 2.30. The topological polar surface area (TPSA) is 91.1 Å². The fraction of sp³-hybridized carbons (Fsp3) is 0.476. The summed E-state index contributed by atoms with van der Waals surface area (Å²) < 4.78 is 5.83. The monoisotopic (exact) mass is 416 g/mol. The highest BCUT2D eigenvalue weighted by atomic mass is 35.5. The molecule has 29 heavy (non-hydrogen) atoms. The summed E-state index contributed by atoms with van der Waals surface area (Å²) >= 11 is 6.33. The third kappa shape index (κ3) is 4.40. The molecule has 1 amide bonds. The quantitative estimate of drug-likeness (QED) is 0.594. The number of fused-ring (bicyclic) bond motifs is 2. The number of aromatic amines is 2. The smallest absolute Gasteiger partial charge is 0.325 e. The van der Waals surface area contributed by atoms with Crippen LogP contribution >= 0.6 is 11.6 Å². The van der Waals surface area contributed by atoms with Crippen molar-refractivity contribution in [3.8, 4) is 5.75 Å². The molecule has 0 spiro atoms. The zero-order chi connectivity index (χ0) is 20.4. The number of rotatable bonds is 6. The van der Waals surface area contributed by atoms with E-state index in [9.17, 15) is 9.59 Å². The Morgan fingerprint density at radius 3 is 2.83 bits per heavy atom. The van der Waals surface area contributed by atoms with Crippen molar-refractivity contribution in [1.82, 2.24) is 19.9 Å². The second-order valence-electron chi connectivity index (χ2n) is 7.69. The van der Waals surface area contributed by atoms with Crippen LogP contribution in [-0.4, -0.2) is 45.5 Å². The SMILES string of the molecule is CN(C(=O)CCCOc1cc2cc3[nH]c(=O)[nH]c3nc2cc1Cl)C1CCCCC1. The molecule has 2 heterocycles. The molecule has 0 unspecified atom stereocenters. The van der Waals surface area contributed by atoms with Gasteiger partial charge in [0.1, 0.15) is 5.75 Å². The number of benzene rings is 1. The molecule has 8 heteroatoms. The summed E-state index contributed by atoms with van der Waals surface area (Å²) in [4.78, 5) is 35.5. The fourth-order valence-electron chi connectivity index (χ4n) is 3.99. The van der Waals surface area contributed by atoms with E-state index in [4.69, 9.17) is 16.3 Å². The van der Waals surface area contributed by atoms with Crippen LogP contribution in [0.15, 0.2) is 23.0 Å². The van der Waals surface area contributed by atoms with Gasteiger partial charge in [0, 0.05) is 24.9 Å². The average Bonchev–Trinajstić information content (AvgIpc) is 3.08. The summed E-state index contributed by atoms with van der Waals surface area (Å²) in [6.45, 7) is 0.409. The lowest BCUT2D eigenvalue weighted by atomic mass is 9.94. The average molecular weight is 417 g/mol. The van der Waals surface area contributed by atoms with E-state index >= 15 is 0 Å². The Kier molecular flexibility index (Phi) is 5.76. The third-order valence-electron chi connectivity index (χ3n) is 5.66. The second-order valence-corrected chi connectivity index (χ2v) is 8.09. The van der Waals surface area contributed by atoms with Crippen LogP contribution in [0.5, 0.6) is 5.75 Å². The summed E-state index contributed by atoms with van der Waals surface area (Å²) in [5.41, 5.74) is 1.50. The maximum absolute atomic E-state index is 12.4. The lowest BCUT2D eigenvalue weighted by Gasteiger charge is -2.31. The number of ether oxygens (including phenoxy) is 1. The molecule has 7 nitrogen and oxygen atoms in total. The number of aromatic nitrogens is 3. The van der Waals surface area contributed by atoms with Crippen LogP contribution in [0, 0.1) is 0 Å². The van der Waals surface area contributed by atoms with Crippen LogP contribution in [-0.2, 0) is 4.79 Å². The minimum absolute atomic E-state index is 0.174. The van der Waals surface area contributed by atoms with E-state index in [0.717, 1.165) is 18.2 Å². The number of hydrogen-bond donors (Lipinski definition) is 2. The number of nitrogens with zero attached hydrogens (tertiary/aromatic N) is 2. The van der Waals surface area contributed by atoms with E-state index in [2.05, 4.69) is 15.0 Å². The molecule has 0 atom stereocenters. The van der Waals surface area contributed by atoms with Gasteiger partial charge in [0.05, 0.1) is 22.7 Å². The molecule has 0 bridgehead atoms.